The van der Waals surface area contributed by atoms with Crippen LogP contribution >= 0.6 is 0 Å². The van der Waals surface area contributed by atoms with Gasteiger partial charge in [-0.2, -0.15) is 5.26 Å². The zero-order chi connectivity index (χ0) is 26.1. The van der Waals surface area contributed by atoms with Crippen LogP contribution in [0.5, 0.6) is 0 Å². The third kappa shape index (κ3) is 3.02. The van der Waals surface area contributed by atoms with Crippen molar-refractivity contribution in [2.24, 2.45) is 5.41 Å². The number of carbonyl (C=O) groups is 2. The molecule has 1 aromatic heterocycles. The maximum Gasteiger partial charge on any atom is 0.247 e. The highest BCUT2D eigenvalue weighted by Gasteiger charge is 2.63. The maximum absolute atomic E-state index is 14.6. The smallest absolute Gasteiger partial charge is 0.247 e. The second kappa shape index (κ2) is 7.78. The molecule has 6 nitrogen and oxygen atoms in total. The third-order valence-electron chi connectivity index (χ3n) is 7.63. The minimum atomic E-state index is -1.59. The monoisotopic (exact) mass is 492 g/mol. The number of likely N-dealkylation sites (N-methyl/N-ethyl adjacent to an activating group) is 1. The fourth-order valence-corrected chi connectivity index (χ4v) is 6.23. The average molecular weight is 493 g/mol. The van der Waals surface area contributed by atoms with Crippen LogP contribution < -0.4 is 9.80 Å². The van der Waals surface area contributed by atoms with Crippen molar-refractivity contribution in [3.05, 3.63) is 101 Å². The number of allylic oxidation sites excluding steroid dienone is 1. The molecular weight excluding hydrogens is 467 g/mol. The number of anilines is 2. The van der Waals surface area contributed by atoms with Gasteiger partial charge in [0.15, 0.2) is 5.78 Å². The Morgan fingerprint density at radius 2 is 1.70 bits per heavy atom. The molecule has 0 bridgehead atoms. The second-order valence-electron chi connectivity index (χ2n) is 10.6. The highest BCUT2D eigenvalue weighted by atomic mass is 19.1. The SMILES string of the molecule is CN1C(=O)C2(C(C#N)=C(n3cccc3)N(c3cccc(F)c3)C3=C2C(=O)CC(C)(C)C3)c2ccccc21. The minimum absolute atomic E-state index is 0.140. The number of amides is 1. The first-order valence-electron chi connectivity index (χ1n) is 12.2. The lowest BCUT2D eigenvalue weighted by Crippen LogP contribution is -2.52. The highest BCUT2D eigenvalue weighted by Crippen LogP contribution is 2.59. The Morgan fingerprint density at radius 1 is 0.973 bits per heavy atom. The van der Waals surface area contributed by atoms with Crippen LogP contribution in [0.2, 0.25) is 0 Å². The molecule has 7 heteroatoms. The standard InChI is InChI=1S/C30H25FN4O2/c1-29(2)16-24-26(25(36)17-29)30(21-11-4-5-12-23(21)33(3)28(30)37)22(18-32)27(34-13-6-7-14-34)35(24)20-10-8-9-19(31)15-20/h4-15H,16-17H2,1-3H3. The van der Waals surface area contributed by atoms with E-state index in [2.05, 4.69) is 6.07 Å². The van der Waals surface area contributed by atoms with Gasteiger partial charge in [-0.3, -0.25) is 14.5 Å². The van der Waals surface area contributed by atoms with Crippen molar-refractivity contribution in [2.75, 3.05) is 16.8 Å². The van der Waals surface area contributed by atoms with E-state index in [9.17, 15) is 19.2 Å². The number of ketones is 1. The van der Waals surface area contributed by atoms with Crippen molar-refractivity contribution in [1.29, 1.82) is 5.26 Å². The van der Waals surface area contributed by atoms with Crippen molar-refractivity contribution < 1.29 is 14.0 Å². The van der Waals surface area contributed by atoms with Crippen molar-refractivity contribution in [1.82, 2.24) is 4.57 Å². The molecule has 6 rings (SSSR count). The first kappa shape index (κ1) is 23.0. The summed E-state index contributed by atoms with van der Waals surface area (Å²) in [6, 6.07) is 19.4. The van der Waals surface area contributed by atoms with E-state index in [1.165, 1.54) is 17.0 Å². The van der Waals surface area contributed by atoms with Crippen LogP contribution in [0.3, 0.4) is 0 Å². The number of benzene rings is 2. The first-order valence-corrected chi connectivity index (χ1v) is 12.2. The van der Waals surface area contributed by atoms with E-state index < -0.39 is 16.6 Å². The lowest BCUT2D eigenvalue weighted by molar-refractivity contribution is -0.124. The Bertz CT molecular complexity index is 1590. The van der Waals surface area contributed by atoms with E-state index in [0.717, 1.165) is 0 Å². The lowest BCUT2D eigenvalue weighted by atomic mass is 9.60. The van der Waals surface area contributed by atoms with E-state index in [-0.39, 0.29) is 23.7 Å². The zero-order valence-corrected chi connectivity index (χ0v) is 20.8. The molecule has 37 heavy (non-hydrogen) atoms. The first-order chi connectivity index (χ1) is 17.7. The molecule has 0 fully saturated rings. The van der Waals surface area contributed by atoms with Gasteiger partial charge in [-0.15, -0.1) is 0 Å². The van der Waals surface area contributed by atoms with Crippen LogP contribution in [0.4, 0.5) is 15.8 Å². The summed E-state index contributed by atoms with van der Waals surface area (Å²) in [6.07, 6.45) is 4.29. The third-order valence-corrected chi connectivity index (χ3v) is 7.63. The van der Waals surface area contributed by atoms with Crippen molar-refractivity contribution in [3.8, 4) is 6.07 Å². The predicted octanol–water partition coefficient (Wildman–Crippen LogP) is 5.40. The Kier molecular flexibility index (Phi) is 4.83. The van der Waals surface area contributed by atoms with E-state index in [4.69, 9.17) is 0 Å². The van der Waals surface area contributed by atoms with Crippen molar-refractivity contribution in [2.45, 2.75) is 32.1 Å². The van der Waals surface area contributed by atoms with E-state index in [1.54, 1.807) is 41.0 Å². The normalized spacial score (nSPS) is 22.5. The number of fused-ring (bicyclic) bond motifs is 3. The molecule has 0 saturated carbocycles. The Morgan fingerprint density at radius 3 is 2.41 bits per heavy atom. The molecule has 1 aliphatic carbocycles. The van der Waals surface area contributed by atoms with Crippen LogP contribution in [0.25, 0.3) is 5.82 Å². The molecule has 2 aliphatic heterocycles. The quantitative estimate of drug-likeness (QED) is 0.481. The highest BCUT2D eigenvalue weighted by molar-refractivity contribution is 6.22. The molecular formula is C30H25FN4O2. The van der Waals surface area contributed by atoms with E-state index in [1.807, 2.05) is 50.2 Å². The molecule has 3 aromatic rings. The number of carbonyl (C=O) groups excluding carboxylic acids is 2. The topological polar surface area (TPSA) is 69.3 Å². The molecule has 0 radical (unpaired) electrons. The molecule has 1 atom stereocenters. The van der Waals surface area contributed by atoms with Gasteiger partial charge in [0, 0.05) is 48.4 Å². The van der Waals surface area contributed by atoms with Gasteiger partial charge in [0.2, 0.25) is 5.91 Å². The van der Waals surface area contributed by atoms with Gasteiger partial charge in [-0.25, -0.2) is 4.39 Å². The van der Waals surface area contributed by atoms with Crippen LogP contribution in [0.15, 0.2) is 89.9 Å². The largest absolute Gasteiger partial charge is 0.314 e. The fourth-order valence-electron chi connectivity index (χ4n) is 6.23. The lowest BCUT2D eigenvalue weighted by Gasteiger charge is -2.47. The molecule has 3 heterocycles. The molecule has 184 valence electrons. The number of hydrogen-bond acceptors (Lipinski definition) is 4. The minimum Gasteiger partial charge on any atom is -0.314 e. The van der Waals surface area contributed by atoms with Gasteiger partial charge >= 0.3 is 0 Å². The number of nitrogens with zero attached hydrogens (tertiary/aromatic N) is 4. The van der Waals surface area contributed by atoms with Gasteiger partial charge in [0.25, 0.3) is 0 Å². The number of nitriles is 1. The van der Waals surface area contributed by atoms with E-state index in [0.29, 0.717) is 40.5 Å². The summed E-state index contributed by atoms with van der Waals surface area (Å²) in [5.41, 5.74) is 0.837. The molecule has 3 aliphatic rings. The van der Waals surface area contributed by atoms with Crippen LogP contribution in [-0.4, -0.2) is 23.3 Å². The number of halogens is 1. The van der Waals surface area contributed by atoms with Crippen LogP contribution in [0.1, 0.15) is 32.3 Å². The number of rotatable bonds is 2. The molecule has 1 spiro atoms. The van der Waals surface area contributed by atoms with Crippen molar-refractivity contribution >= 4 is 28.9 Å². The van der Waals surface area contributed by atoms with Crippen LogP contribution in [-0.2, 0) is 15.0 Å². The summed E-state index contributed by atoms with van der Waals surface area (Å²) in [4.78, 5) is 31.8. The Balaban J connectivity index is 1.81. The molecule has 1 amide bonds. The number of aromatic nitrogens is 1. The number of Topliss-reactive ketones (excluding diaryl/α,β-unsaturated/α-hetero) is 1. The summed E-state index contributed by atoms with van der Waals surface area (Å²) in [5.74, 6) is -0.533. The summed E-state index contributed by atoms with van der Waals surface area (Å²) in [7, 11) is 1.68. The predicted molar refractivity (Wildman–Crippen MR) is 139 cm³/mol. The van der Waals surface area contributed by atoms with Crippen LogP contribution in [0, 0.1) is 22.6 Å². The van der Waals surface area contributed by atoms with Gasteiger partial charge < -0.3 is 9.47 Å². The summed E-state index contributed by atoms with van der Waals surface area (Å²) in [5, 5.41) is 10.8. The summed E-state index contributed by atoms with van der Waals surface area (Å²) < 4.78 is 16.3. The Hall–Kier alpha value is -4.44. The second-order valence-corrected chi connectivity index (χ2v) is 10.6. The Labute approximate surface area is 214 Å². The van der Waals surface area contributed by atoms with Crippen molar-refractivity contribution in [3.63, 3.8) is 0 Å². The van der Waals surface area contributed by atoms with Gasteiger partial charge in [-0.1, -0.05) is 38.1 Å². The summed E-state index contributed by atoms with van der Waals surface area (Å²) in [6.45, 7) is 4.03. The van der Waals surface area contributed by atoms with E-state index >= 15 is 0 Å². The average Bonchev–Trinajstić information content (AvgIpc) is 3.46. The summed E-state index contributed by atoms with van der Waals surface area (Å²) >= 11 is 0. The van der Waals surface area contributed by atoms with Gasteiger partial charge in [0.1, 0.15) is 23.1 Å². The maximum atomic E-state index is 14.6. The number of para-hydroxylation sites is 1. The van der Waals surface area contributed by atoms with Gasteiger partial charge in [0.05, 0.1) is 11.3 Å². The zero-order valence-electron chi connectivity index (χ0n) is 20.8. The molecule has 0 N–H and O–H groups in total. The molecule has 0 saturated heterocycles. The molecule has 2 aromatic carbocycles. The molecule has 1 unspecified atom stereocenters. The van der Waals surface area contributed by atoms with Gasteiger partial charge in [-0.05, 0) is 48.2 Å². The number of hydrogen-bond donors (Lipinski definition) is 0. The fraction of sp³-hybridized carbons (Fsp3) is 0.233.